The first kappa shape index (κ1) is 23.4. The van der Waals surface area contributed by atoms with Crippen molar-refractivity contribution in [2.75, 3.05) is 14.2 Å². The first-order valence-corrected chi connectivity index (χ1v) is 11.1. The Kier molecular flexibility index (Phi) is 5.41. The molecule has 0 radical (unpaired) electrons. The minimum Gasteiger partial charge on any atom is -0.496 e. The number of fused-ring (bicyclic) bond motifs is 1. The zero-order valence-electron chi connectivity index (χ0n) is 20.9. The van der Waals surface area contributed by atoms with E-state index in [4.69, 9.17) is 28.1 Å². The molecule has 0 saturated carbocycles. The Morgan fingerprint density at radius 2 is 0.812 bits per heavy atom. The summed E-state index contributed by atoms with van der Waals surface area (Å²) in [7, 11) is 2.34. The van der Waals surface area contributed by atoms with Crippen LogP contribution in [0.15, 0.2) is 24.3 Å². The average molecular weight is 440 g/mol. The lowest BCUT2D eigenvalue weighted by Crippen LogP contribution is -2.41. The molecule has 4 rings (SSSR count). The number of ether oxygens (including phenoxy) is 2. The molecule has 8 heteroatoms. The van der Waals surface area contributed by atoms with E-state index >= 15 is 0 Å². The summed E-state index contributed by atoms with van der Waals surface area (Å²) in [4.78, 5) is 0. The summed E-state index contributed by atoms with van der Waals surface area (Å²) >= 11 is 0. The van der Waals surface area contributed by atoms with Crippen molar-refractivity contribution in [3.63, 3.8) is 0 Å². The third-order valence-corrected chi connectivity index (χ3v) is 7.53. The molecule has 0 aliphatic carbocycles. The van der Waals surface area contributed by atoms with Gasteiger partial charge in [-0.25, -0.2) is 0 Å². The highest BCUT2D eigenvalue weighted by Crippen LogP contribution is 2.40. The molecular weight excluding hydrogens is 406 g/mol. The first-order chi connectivity index (χ1) is 14.7. The second kappa shape index (κ2) is 7.39. The highest BCUT2D eigenvalue weighted by atomic mass is 16.7. The van der Waals surface area contributed by atoms with E-state index < -0.39 is 36.6 Å². The Morgan fingerprint density at radius 3 is 1.06 bits per heavy atom. The Hall–Kier alpha value is -1.73. The summed E-state index contributed by atoms with van der Waals surface area (Å²) < 4.78 is 36.6. The molecule has 6 nitrogen and oxygen atoms in total. The van der Waals surface area contributed by atoms with E-state index in [9.17, 15) is 0 Å². The summed E-state index contributed by atoms with van der Waals surface area (Å²) in [6.45, 7) is 16.4. The fourth-order valence-electron chi connectivity index (χ4n) is 4.01. The monoisotopic (exact) mass is 440 g/mol. The van der Waals surface area contributed by atoms with Crippen molar-refractivity contribution in [2.45, 2.75) is 77.8 Å². The third-order valence-electron chi connectivity index (χ3n) is 7.53. The molecule has 0 aromatic heterocycles. The molecule has 2 heterocycles. The molecule has 0 spiro atoms. The third kappa shape index (κ3) is 3.61. The van der Waals surface area contributed by atoms with E-state index in [2.05, 4.69) is 0 Å². The van der Waals surface area contributed by atoms with Gasteiger partial charge in [0.15, 0.2) is 0 Å². The van der Waals surface area contributed by atoms with Crippen molar-refractivity contribution in [3.05, 3.63) is 24.3 Å². The zero-order valence-corrected chi connectivity index (χ0v) is 20.9. The van der Waals surface area contributed by atoms with E-state index in [-0.39, 0.29) is 0 Å². The van der Waals surface area contributed by atoms with E-state index in [1.807, 2.05) is 79.7 Å². The molecule has 32 heavy (non-hydrogen) atoms. The number of methoxy groups -OCH3 is 2. The number of hydrogen-bond acceptors (Lipinski definition) is 6. The summed E-state index contributed by atoms with van der Waals surface area (Å²) in [6, 6.07) is 8.04. The van der Waals surface area contributed by atoms with E-state index in [1.165, 1.54) is 0 Å². The van der Waals surface area contributed by atoms with Gasteiger partial charge in [0, 0.05) is 10.8 Å². The normalized spacial score (nSPS) is 23.1. The summed E-state index contributed by atoms with van der Waals surface area (Å²) in [5, 5.41) is 1.83. The van der Waals surface area contributed by atoms with E-state index in [0.29, 0.717) is 11.5 Å². The maximum Gasteiger partial charge on any atom is 0.494 e. The van der Waals surface area contributed by atoms with Crippen molar-refractivity contribution >= 4 is 35.9 Å². The lowest BCUT2D eigenvalue weighted by Gasteiger charge is -2.32. The van der Waals surface area contributed by atoms with Gasteiger partial charge >= 0.3 is 14.2 Å². The SMILES string of the molecule is COc1cc(B2OC(C)(C)C(C)(C)O2)cc2c(OC)cc(B3OC(C)(C)C(C)(C)O3)cc12. The van der Waals surface area contributed by atoms with Crippen molar-refractivity contribution in [2.24, 2.45) is 0 Å². The molecule has 0 N–H and O–H groups in total. The molecule has 0 amide bonds. The van der Waals surface area contributed by atoms with Gasteiger partial charge < -0.3 is 28.1 Å². The Morgan fingerprint density at radius 1 is 0.531 bits per heavy atom. The van der Waals surface area contributed by atoms with Crippen LogP contribution in [0.1, 0.15) is 55.4 Å². The Bertz CT molecular complexity index is 931. The van der Waals surface area contributed by atoms with Crippen molar-refractivity contribution in [3.8, 4) is 11.5 Å². The van der Waals surface area contributed by atoms with Gasteiger partial charge in [0.2, 0.25) is 0 Å². The Balaban J connectivity index is 1.80. The Labute approximate surface area is 192 Å². The molecule has 172 valence electrons. The van der Waals surface area contributed by atoms with Gasteiger partial charge in [-0.3, -0.25) is 0 Å². The van der Waals surface area contributed by atoms with Crippen molar-refractivity contribution < 1.29 is 28.1 Å². The quantitative estimate of drug-likeness (QED) is 0.680. The van der Waals surface area contributed by atoms with E-state index in [0.717, 1.165) is 21.7 Å². The standard InChI is InChI=1S/C24H34B2O6/c1-21(2)22(3,4)30-25(29-21)15-11-17-18(19(13-15)27-9)12-16(14-20(17)28-10)26-31-23(5,6)24(7,8)32-26/h11-14H,1-10H3. The van der Waals surface area contributed by atoms with Crippen molar-refractivity contribution in [1.82, 2.24) is 0 Å². The maximum atomic E-state index is 6.26. The number of benzene rings is 2. The summed E-state index contributed by atoms with van der Waals surface area (Å²) in [6.07, 6.45) is 0. The highest BCUT2D eigenvalue weighted by molar-refractivity contribution is 6.63. The summed E-state index contributed by atoms with van der Waals surface area (Å²) in [5.74, 6) is 1.42. The molecule has 2 saturated heterocycles. The minimum atomic E-state index is -0.495. The van der Waals surface area contributed by atoms with Crippen LogP contribution in [0, 0.1) is 0 Å². The van der Waals surface area contributed by atoms with Gasteiger partial charge in [0.25, 0.3) is 0 Å². The van der Waals surface area contributed by atoms with Crippen LogP contribution in [-0.4, -0.2) is 50.9 Å². The van der Waals surface area contributed by atoms with Crippen LogP contribution in [0.4, 0.5) is 0 Å². The molecule has 2 aliphatic heterocycles. The second-order valence-electron chi connectivity index (χ2n) is 10.7. The largest absolute Gasteiger partial charge is 0.496 e. The lowest BCUT2D eigenvalue weighted by molar-refractivity contribution is 0.00578. The fraction of sp³-hybridized carbons (Fsp3) is 0.583. The number of hydrogen-bond donors (Lipinski definition) is 0. The molecule has 2 aliphatic rings. The van der Waals surface area contributed by atoms with Gasteiger partial charge in [-0.2, -0.15) is 0 Å². The smallest absolute Gasteiger partial charge is 0.494 e. The molecule has 0 bridgehead atoms. The van der Waals surface area contributed by atoms with Gasteiger partial charge in [-0.1, -0.05) is 12.1 Å². The summed E-state index contributed by atoms with van der Waals surface area (Å²) in [5.41, 5.74) is 0.0638. The van der Waals surface area contributed by atoms with Gasteiger partial charge in [-0.15, -0.1) is 0 Å². The van der Waals surface area contributed by atoms with Crippen LogP contribution in [0.2, 0.25) is 0 Å². The van der Waals surface area contributed by atoms with Crippen LogP contribution in [0.5, 0.6) is 11.5 Å². The van der Waals surface area contributed by atoms with Gasteiger partial charge in [0.1, 0.15) is 11.5 Å². The second-order valence-corrected chi connectivity index (χ2v) is 10.7. The van der Waals surface area contributed by atoms with Crippen LogP contribution < -0.4 is 20.4 Å². The molecule has 2 aromatic carbocycles. The first-order valence-electron chi connectivity index (χ1n) is 11.1. The minimum absolute atomic E-state index is 0.426. The van der Waals surface area contributed by atoms with Crippen LogP contribution >= 0.6 is 0 Å². The van der Waals surface area contributed by atoms with Gasteiger partial charge in [-0.05, 0) is 78.4 Å². The molecule has 0 atom stereocenters. The van der Waals surface area contributed by atoms with Gasteiger partial charge in [0.05, 0.1) is 36.6 Å². The molecule has 2 aromatic rings. The lowest BCUT2D eigenvalue weighted by atomic mass is 9.75. The molecule has 2 fully saturated rings. The van der Waals surface area contributed by atoms with Crippen LogP contribution in [0.25, 0.3) is 10.8 Å². The number of rotatable bonds is 4. The zero-order chi connectivity index (χ0) is 23.7. The predicted molar refractivity (Wildman–Crippen MR) is 128 cm³/mol. The highest BCUT2D eigenvalue weighted by Gasteiger charge is 2.53. The predicted octanol–water partition coefficient (Wildman–Crippen LogP) is 3.46. The van der Waals surface area contributed by atoms with E-state index in [1.54, 1.807) is 14.2 Å². The molecular formula is C24H34B2O6. The van der Waals surface area contributed by atoms with Crippen LogP contribution in [0.3, 0.4) is 0 Å². The maximum absolute atomic E-state index is 6.26. The topological polar surface area (TPSA) is 55.4 Å². The molecule has 0 unspecified atom stereocenters. The fourth-order valence-corrected chi connectivity index (χ4v) is 4.01. The van der Waals surface area contributed by atoms with Crippen LogP contribution in [-0.2, 0) is 18.6 Å². The average Bonchev–Trinajstić information content (AvgIpc) is 3.05. The van der Waals surface area contributed by atoms with Crippen molar-refractivity contribution in [1.29, 1.82) is 0 Å².